The third kappa shape index (κ3) is 2.86. The summed E-state index contributed by atoms with van der Waals surface area (Å²) < 4.78 is 13.1. The number of pyridine rings is 1. The fraction of sp³-hybridized carbons (Fsp3) is 0. The third-order valence-electron chi connectivity index (χ3n) is 3.26. The molecule has 0 aliphatic rings. The minimum Gasteiger partial charge on any atom is -0.478 e. The lowest BCUT2D eigenvalue weighted by atomic mass is 10.1. The number of hydrogen-bond donors (Lipinski definition) is 1. The second-order valence-corrected chi connectivity index (χ2v) is 4.81. The first-order valence-corrected chi connectivity index (χ1v) is 6.70. The molecule has 1 heterocycles. The molecule has 0 amide bonds. The number of aromatic nitrogens is 1. The van der Waals surface area contributed by atoms with Crippen LogP contribution in [0, 0.1) is 5.82 Å². The summed E-state index contributed by atoms with van der Waals surface area (Å²) in [6.07, 6.45) is 3.37. The number of benzene rings is 2. The minimum absolute atomic E-state index is 0.199. The van der Waals surface area contributed by atoms with Crippen molar-refractivity contribution in [3.63, 3.8) is 0 Å². The average Bonchev–Trinajstić information content (AvgIpc) is 2.52. The van der Waals surface area contributed by atoms with E-state index in [0.29, 0.717) is 22.2 Å². The second kappa shape index (κ2) is 5.77. The number of carbonyl (C=O) groups is 1. The Kier molecular flexibility index (Phi) is 3.66. The first-order chi connectivity index (χ1) is 10.6. The highest BCUT2D eigenvalue weighted by Gasteiger charge is 2.10. The van der Waals surface area contributed by atoms with E-state index in [9.17, 15) is 14.3 Å². The van der Waals surface area contributed by atoms with E-state index in [1.54, 1.807) is 48.6 Å². The highest BCUT2D eigenvalue weighted by atomic mass is 19.1. The summed E-state index contributed by atoms with van der Waals surface area (Å²) in [4.78, 5) is 15.8. The van der Waals surface area contributed by atoms with Gasteiger partial charge < -0.3 is 5.11 Å². The molecule has 0 saturated heterocycles. The second-order valence-electron chi connectivity index (χ2n) is 4.81. The van der Waals surface area contributed by atoms with E-state index >= 15 is 0 Å². The number of fused-ring (bicyclic) bond motifs is 1. The van der Waals surface area contributed by atoms with Gasteiger partial charge in [0.25, 0.3) is 0 Å². The van der Waals surface area contributed by atoms with E-state index in [-0.39, 0.29) is 11.4 Å². The standard InChI is InChI=1S/C18H12FNO2/c19-13-5-3-4-12(10-13)8-9-14-11-16(18(21)22)15-6-1-2-7-17(15)20-14/h1-11H,(H,21,22). The van der Waals surface area contributed by atoms with Crippen molar-refractivity contribution >= 4 is 29.0 Å². The molecular formula is C18H12FNO2. The van der Waals surface area contributed by atoms with Crippen molar-refractivity contribution in [1.29, 1.82) is 0 Å². The van der Waals surface area contributed by atoms with E-state index in [1.807, 2.05) is 0 Å². The Morgan fingerprint density at radius 3 is 2.64 bits per heavy atom. The lowest BCUT2D eigenvalue weighted by molar-refractivity contribution is 0.0699. The number of nitrogens with zero attached hydrogens (tertiary/aromatic N) is 1. The van der Waals surface area contributed by atoms with Crippen LogP contribution in [0.1, 0.15) is 21.6 Å². The smallest absolute Gasteiger partial charge is 0.336 e. The van der Waals surface area contributed by atoms with E-state index in [2.05, 4.69) is 4.98 Å². The molecule has 0 atom stereocenters. The summed E-state index contributed by atoms with van der Waals surface area (Å²) in [5.41, 5.74) is 2.01. The Morgan fingerprint density at radius 1 is 1.05 bits per heavy atom. The predicted octanol–water partition coefficient (Wildman–Crippen LogP) is 4.24. The van der Waals surface area contributed by atoms with E-state index in [4.69, 9.17) is 0 Å². The fourth-order valence-electron chi connectivity index (χ4n) is 2.25. The van der Waals surface area contributed by atoms with Gasteiger partial charge in [-0.05, 0) is 35.9 Å². The van der Waals surface area contributed by atoms with Gasteiger partial charge in [-0.2, -0.15) is 0 Å². The largest absolute Gasteiger partial charge is 0.478 e. The highest BCUT2D eigenvalue weighted by molar-refractivity contribution is 6.03. The Balaban J connectivity index is 2.06. The molecule has 0 fully saturated rings. The highest BCUT2D eigenvalue weighted by Crippen LogP contribution is 2.19. The molecule has 2 aromatic carbocycles. The average molecular weight is 293 g/mol. The molecule has 3 aromatic rings. The van der Waals surface area contributed by atoms with Crippen LogP contribution in [-0.4, -0.2) is 16.1 Å². The normalized spacial score (nSPS) is 11.1. The summed E-state index contributed by atoms with van der Waals surface area (Å²) in [5.74, 6) is -1.32. The maximum Gasteiger partial charge on any atom is 0.336 e. The van der Waals surface area contributed by atoms with Crippen molar-refractivity contribution in [3.8, 4) is 0 Å². The maximum absolute atomic E-state index is 13.1. The lowest BCUT2D eigenvalue weighted by Crippen LogP contribution is -2.00. The maximum atomic E-state index is 13.1. The number of rotatable bonds is 3. The topological polar surface area (TPSA) is 50.2 Å². The first kappa shape index (κ1) is 13.9. The molecule has 3 rings (SSSR count). The summed E-state index contributed by atoms with van der Waals surface area (Å²) in [6, 6.07) is 14.7. The quantitative estimate of drug-likeness (QED) is 0.785. The van der Waals surface area contributed by atoms with Crippen molar-refractivity contribution in [2.75, 3.05) is 0 Å². The molecule has 1 N–H and O–H groups in total. The van der Waals surface area contributed by atoms with Crippen LogP contribution in [0.25, 0.3) is 23.1 Å². The van der Waals surface area contributed by atoms with Crippen LogP contribution >= 0.6 is 0 Å². The molecule has 0 unspecified atom stereocenters. The molecule has 0 aliphatic carbocycles. The zero-order valence-electron chi connectivity index (χ0n) is 11.5. The number of para-hydroxylation sites is 1. The fourth-order valence-corrected chi connectivity index (χ4v) is 2.25. The minimum atomic E-state index is -1.00. The van der Waals surface area contributed by atoms with E-state index in [0.717, 1.165) is 0 Å². The number of hydrogen-bond acceptors (Lipinski definition) is 2. The van der Waals surface area contributed by atoms with Gasteiger partial charge in [0.2, 0.25) is 0 Å². The van der Waals surface area contributed by atoms with Gasteiger partial charge in [-0.15, -0.1) is 0 Å². The number of carboxylic acid groups (broad SMARTS) is 1. The van der Waals surface area contributed by atoms with Gasteiger partial charge in [-0.1, -0.05) is 36.4 Å². The molecule has 22 heavy (non-hydrogen) atoms. The van der Waals surface area contributed by atoms with Crippen molar-refractivity contribution in [1.82, 2.24) is 4.98 Å². The summed E-state index contributed by atoms with van der Waals surface area (Å²) in [6.45, 7) is 0. The van der Waals surface area contributed by atoms with Crippen LogP contribution in [0.2, 0.25) is 0 Å². The summed E-state index contributed by atoms with van der Waals surface area (Å²) in [7, 11) is 0. The van der Waals surface area contributed by atoms with Crippen LogP contribution in [0.3, 0.4) is 0 Å². The summed E-state index contributed by atoms with van der Waals surface area (Å²) in [5, 5.41) is 9.92. The molecule has 108 valence electrons. The van der Waals surface area contributed by atoms with Gasteiger partial charge in [0.1, 0.15) is 5.82 Å². The SMILES string of the molecule is O=C(O)c1cc(C=Cc2cccc(F)c2)nc2ccccc12. The van der Waals surface area contributed by atoms with Crippen molar-refractivity contribution in [2.24, 2.45) is 0 Å². The van der Waals surface area contributed by atoms with Gasteiger partial charge in [0.05, 0.1) is 16.8 Å². The Hall–Kier alpha value is -3.01. The van der Waals surface area contributed by atoms with Crippen LogP contribution in [0.15, 0.2) is 54.6 Å². The summed E-state index contributed by atoms with van der Waals surface area (Å²) >= 11 is 0. The predicted molar refractivity (Wildman–Crippen MR) is 84.0 cm³/mol. The van der Waals surface area contributed by atoms with Gasteiger partial charge in [0, 0.05) is 5.39 Å². The van der Waals surface area contributed by atoms with E-state index in [1.165, 1.54) is 18.2 Å². The van der Waals surface area contributed by atoms with Crippen LogP contribution in [-0.2, 0) is 0 Å². The van der Waals surface area contributed by atoms with Gasteiger partial charge in [-0.25, -0.2) is 14.2 Å². The Morgan fingerprint density at radius 2 is 1.86 bits per heavy atom. The van der Waals surface area contributed by atoms with Gasteiger partial charge in [0.15, 0.2) is 0 Å². The van der Waals surface area contributed by atoms with Crippen molar-refractivity contribution < 1.29 is 14.3 Å². The molecular weight excluding hydrogens is 281 g/mol. The zero-order chi connectivity index (χ0) is 15.5. The molecule has 0 radical (unpaired) electrons. The van der Waals surface area contributed by atoms with Crippen LogP contribution < -0.4 is 0 Å². The zero-order valence-corrected chi connectivity index (χ0v) is 11.5. The number of aromatic carboxylic acids is 1. The Labute approximate surface area is 126 Å². The molecule has 0 aliphatic heterocycles. The van der Waals surface area contributed by atoms with Crippen molar-refractivity contribution in [2.45, 2.75) is 0 Å². The molecule has 3 nitrogen and oxygen atoms in total. The monoisotopic (exact) mass is 293 g/mol. The molecule has 0 saturated carbocycles. The lowest BCUT2D eigenvalue weighted by Gasteiger charge is -2.04. The van der Waals surface area contributed by atoms with Crippen molar-refractivity contribution in [3.05, 3.63) is 77.2 Å². The molecule has 1 aromatic heterocycles. The molecule has 0 spiro atoms. The molecule has 4 heteroatoms. The van der Waals surface area contributed by atoms with Gasteiger partial charge >= 0.3 is 5.97 Å². The van der Waals surface area contributed by atoms with Gasteiger partial charge in [-0.3, -0.25) is 0 Å². The Bertz CT molecular complexity index is 887. The van der Waals surface area contributed by atoms with E-state index < -0.39 is 5.97 Å². The van der Waals surface area contributed by atoms with Crippen LogP contribution in [0.4, 0.5) is 4.39 Å². The first-order valence-electron chi connectivity index (χ1n) is 6.70. The molecule has 0 bridgehead atoms. The number of carboxylic acids is 1. The third-order valence-corrected chi connectivity index (χ3v) is 3.26. The number of halogens is 1. The van der Waals surface area contributed by atoms with Crippen LogP contribution in [0.5, 0.6) is 0 Å².